The van der Waals surface area contributed by atoms with Gasteiger partial charge in [-0.2, -0.15) is 14.7 Å². The highest BCUT2D eigenvalue weighted by molar-refractivity contribution is 5.98. The Kier molecular flexibility index (Phi) is 9.34. The molecule has 40 heavy (non-hydrogen) atoms. The normalized spacial score (nSPS) is 14.1. The molecule has 1 amide bonds. The molecule has 3 aromatic carbocycles. The van der Waals surface area contributed by atoms with Gasteiger partial charge in [0.1, 0.15) is 0 Å². The zero-order valence-corrected chi connectivity index (χ0v) is 24.0. The van der Waals surface area contributed by atoms with Crippen LogP contribution in [0, 0.1) is 6.92 Å². The average molecular weight is 538 g/mol. The summed E-state index contributed by atoms with van der Waals surface area (Å²) < 4.78 is 2.05. The van der Waals surface area contributed by atoms with Crippen molar-refractivity contribution < 1.29 is 14.4 Å². The molecule has 5 rings (SSSR count). The second-order valence-electron chi connectivity index (χ2n) is 11.7. The fraction of sp³-hybridized carbons (Fsp3) is 0.382. The molecular weight excluding hydrogens is 498 g/mol. The van der Waals surface area contributed by atoms with Crippen LogP contribution in [0.1, 0.15) is 86.5 Å². The fourth-order valence-electron chi connectivity index (χ4n) is 5.65. The summed E-state index contributed by atoms with van der Waals surface area (Å²) in [6, 6.07) is 23.8. The summed E-state index contributed by atoms with van der Waals surface area (Å²) in [5, 5.41) is 9.14. The second kappa shape index (κ2) is 12.9. The van der Waals surface area contributed by atoms with Crippen molar-refractivity contribution in [1.82, 2.24) is 15.1 Å². The largest absolute Gasteiger partial charge is 0.373 e. The van der Waals surface area contributed by atoms with E-state index in [1.807, 2.05) is 25.1 Å². The number of fused-ring (bicyclic) bond motifs is 1. The Labute approximate surface area is 236 Å². The number of carbonyl (C=O) groups is 1. The number of aryl methyl sites for hydroxylation is 1. The molecule has 0 unspecified atom stereocenters. The Balaban J connectivity index is 0.00000118. The van der Waals surface area contributed by atoms with E-state index in [9.17, 15) is 4.79 Å². The van der Waals surface area contributed by atoms with Crippen LogP contribution in [0.3, 0.4) is 0 Å². The minimum atomic E-state index is 0.0343. The fourth-order valence-corrected chi connectivity index (χ4v) is 5.65. The van der Waals surface area contributed by atoms with Crippen molar-refractivity contribution in [2.75, 3.05) is 0 Å². The number of aromatic nitrogens is 2. The molecule has 208 valence electrons. The zero-order valence-electron chi connectivity index (χ0n) is 24.0. The minimum absolute atomic E-state index is 0.0343. The van der Waals surface area contributed by atoms with Crippen molar-refractivity contribution in [1.29, 1.82) is 0 Å². The lowest BCUT2D eigenvalue weighted by atomic mass is 9.82. The first kappa shape index (κ1) is 29.0. The Hall–Kier alpha value is -4.02. The van der Waals surface area contributed by atoms with Crippen LogP contribution in [-0.4, -0.2) is 27.9 Å². The van der Waals surface area contributed by atoms with Gasteiger partial charge in [0, 0.05) is 17.0 Å². The van der Waals surface area contributed by atoms with Crippen molar-refractivity contribution >= 4 is 23.0 Å². The Morgan fingerprint density at radius 1 is 0.950 bits per heavy atom. The first-order chi connectivity index (χ1) is 19.2. The van der Waals surface area contributed by atoms with E-state index >= 15 is 0 Å². The van der Waals surface area contributed by atoms with Crippen LogP contribution in [0.4, 0.5) is 0 Å². The minimum Gasteiger partial charge on any atom is -0.349 e. The molecule has 0 aliphatic heterocycles. The van der Waals surface area contributed by atoms with Crippen LogP contribution in [0.25, 0.3) is 22.0 Å². The molecule has 1 heterocycles. The van der Waals surface area contributed by atoms with Crippen LogP contribution in [-0.2, 0) is 21.5 Å². The van der Waals surface area contributed by atoms with Gasteiger partial charge in [-0.1, -0.05) is 95.0 Å². The highest BCUT2D eigenvalue weighted by atomic mass is 16.2. The first-order valence-electron chi connectivity index (χ1n) is 14.2. The summed E-state index contributed by atoms with van der Waals surface area (Å²) in [4.78, 5) is 29.2. The number of nitrogens with zero attached hydrogens (tertiary/aromatic N) is 2. The summed E-state index contributed by atoms with van der Waals surface area (Å²) in [6.07, 6.45) is 7.41. The van der Waals surface area contributed by atoms with Gasteiger partial charge < -0.3 is 5.32 Å². The van der Waals surface area contributed by atoms with E-state index in [4.69, 9.17) is 14.7 Å². The molecule has 1 saturated carbocycles. The van der Waals surface area contributed by atoms with Gasteiger partial charge in [-0.15, -0.1) is 0 Å². The second-order valence-corrected chi connectivity index (χ2v) is 11.7. The summed E-state index contributed by atoms with van der Waals surface area (Å²) in [6.45, 7) is 9.50. The predicted molar refractivity (Wildman–Crippen MR) is 158 cm³/mol. The molecule has 1 aromatic heterocycles. The summed E-state index contributed by atoms with van der Waals surface area (Å²) >= 11 is 0. The molecule has 0 spiro atoms. The maximum atomic E-state index is 13.0. The average Bonchev–Trinajstić information content (AvgIpc) is 3.07. The van der Waals surface area contributed by atoms with Crippen molar-refractivity contribution in [2.24, 2.45) is 0 Å². The smallest absolute Gasteiger partial charge is 0.349 e. The number of hydrogen-bond acceptors (Lipinski definition) is 4. The lowest BCUT2D eigenvalue weighted by Gasteiger charge is -2.23. The van der Waals surface area contributed by atoms with E-state index in [-0.39, 0.29) is 17.5 Å². The third-order valence-corrected chi connectivity index (χ3v) is 7.72. The summed E-state index contributed by atoms with van der Waals surface area (Å²) in [5.74, 6) is 0.0343. The molecule has 0 saturated heterocycles. The third-order valence-electron chi connectivity index (χ3n) is 7.72. The highest BCUT2D eigenvalue weighted by Crippen LogP contribution is 2.33. The quantitative estimate of drug-likeness (QED) is 0.272. The number of benzene rings is 3. The lowest BCUT2D eigenvalue weighted by molar-refractivity contribution is -0.191. The monoisotopic (exact) mass is 537 g/mol. The molecule has 1 N–H and O–H groups in total. The maximum absolute atomic E-state index is 13.0. The van der Waals surface area contributed by atoms with Crippen LogP contribution < -0.4 is 5.32 Å². The zero-order chi connectivity index (χ0) is 28.7. The van der Waals surface area contributed by atoms with Gasteiger partial charge in [0.15, 0.2) is 0 Å². The number of hydrogen-bond donors (Lipinski definition) is 1. The third kappa shape index (κ3) is 6.94. The summed E-state index contributed by atoms with van der Waals surface area (Å²) in [7, 11) is 0. The van der Waals surface area contributed by atoms with Gasteiger partial charge in [-0.25, -0.2) is 0 Å². The predicted octanol–water partition coefficient (Wildman–Crippen LogP) is 7.23. The van der Waals surface area contributed by atoms with Crippen molar-refractivity contribution in [3.63, 3.8) is 0 Å². The van der Waals surface area contributed by atoms with E-state index in [1.165, 1.54) is 47.9 Å². The van der Waals surface area contributed by atoms with Gasteiger partial charge in [0.05, 0.1) is 17.8 Å². The number of rotatable bonds is 5. The van der Waals surface area contributed by atoms with E-state index in [2.05, 4.69) is 79.3 Å². The van der Waals surface area contributed by atoms with E-state index in [0.29, 0.717) is 12.6 Å². The Morgan fingerprint density at radius 2 is 1.60 bits per heavy atom. The molecule has 0 radical (unpaired) electrons. The first-order valence-corrected chi connectivity index (χ1v) is 14.2. The van der Waals surface area contributed by atoms with Crippen molar-refractivity contribution in [2.45, 2.75) is 84.2 Å². The van der Waals surface area contributed by atoms with Gasteiger partial charge in [0.25, 0.3) is 5.91 Å². The van der Waals surface area contributed by atoms with Gasteiger partial charge in [-0.05, 0) is 65.6 Å². The number of amides is 1. The molecule has 4 aromatic rings. The van der Waals surface area contributed by atoms with Crippen LogP contribution >= 0.6 is 0 Å². The van der Waals surface area contributed by atoms with E-state index < -0.39 is 0 Å². The lowest BCUT2D eigenvalue weighted by Crippen LogP contribution is -2.34. The molecule has 0 atom stereocenters. The molecule has 6 heteroatoms. The number of nitrogens with one attached hydrogen (secondary N) is 1. The molecular formula is C34H39N3O3. The van der Waals surface area contributed by atoms with Crippen LogP contribution in [0.2, 0.25) is 0 Å². The summed E-state index contributed by atoms with van der Waals surface area (Å²) in [5.41, 5.74) is 7.91. The van der Waals surface area contributed by atoms with Gasteiger partial charge in [-0.3, -0.25) is 9.48 Å². The maximum Gasteiger partial charge on any atom is 0.373 e. The topological polar surface area (TPSA) is 81.1 Å². The van der Waals surface area contributed by atoms with Crippen LogP contribution in [0.15, 0.2) is 66.7 Å². The standard InChI is InChI=1S/C33H39N3O.CO2/c1-23-29-21-26(32(37)34-27-11-7-5-6-8-12-27)19-20-31(29)36(35-23)22-24-15-17-25(18-16-24)28-13-9-10-14-30(28)33(2,3)4;2-1-3/h9-10,13-21,27H,5-8,11-12,22H2,1-4H3,(H,34,37);. The van der Waals surface area contributed by atoms with Gasteiger partial charge in [0.2, 0.25) is 0 Å². The van der Waals surface area contributed by atoms with Crippen molar-refractivity contribution in [3.05, 3.63) is 89.1 Å². The molecule has 1 fully saturated rings. The molecule has 6 nitrogen and oxygen atoms in total. The van der Waals surface area contributed by atoms with Crippen molar-refractivity contribution in [3.8, 4) is 11.1 Å². The molecule has 1 aliphatic carbocycles. The highest BCUT2D eigenvalue weighted by Gasteiger charge is 2.19. The van der Waals surface area contributed by atoms with Crippen LogP contribution in [0.5, 0.6) is 0 Å². The van der Waals surface area contributed by atoms with E-state index in [0.717, 1.165) is 35.0 Å². The molecule has 0 bridgehead atoms. The van der Waals surface area contributed by atoms with Gasteiger partial charge >= 0.3 is 6.15 Å². The molecule has 1 aliphatic rings. The Morgan fingerprint density at radius 3 is 2.25 bits per heavy atom. The van der Waals surface area contributed by atoms with E-state index in [1.54, 1.807) is 0 Å². The Bertz CT molecular complexity index is 1480. The SMILES string of the molecule is Cc1nn(Cc2ccc(-c3ccccc3C(C)(C)C)cc2)c2ccc(C(=O)NC3CCCCCC3)cc12.O=C=O. The number of carbonyl (C=O) groups excluding carboxylic acids is 3.